The fourth-order valence-corrected chi connectivity index (χ4v) is 3.86. The predicted molar refractivity (Wildman–Crippen MR) is 100 cm³/mol. The predicted octanol–water partition coefficient (Wildman–Crippen LogP) is 2.74. The van der Waals surface area contributed by atoms with Crippen molar-refractivity contribution in [3.05, 3.63) is 39.9 Å². The van der Waals surface area contributed by atoms with Crippen LogP contribution in [0.5, 0.6) is 0 Å². The molecule has 0 spiro atoms. The van der Waals surface area contributed by atoms with Gasteiger partial charge in [0.25, 0.3) is 5.91 Å². The van der Waals surface area contributed by atoms with Crippen LogP contribution in [0.2, 0.25) is 0 Å². The van der Waals surface area contributed by atoms with E-state index in [1.165, 1.54) is 24.3 Å². The van der Waals surface area contributed by atoms with Gasteiger partial charge in [0.05, 0.1) is 16.4 Å². The lowest BCUT2D eigenvalue weighted by Crippen LogP contribution is -2.24. The molecule has 2 aromatic heterocycles. The molecule has 0 aliphatic heterocycles. The summed E-state index contributed by atoms with van der Waals surface area (Å²) in [4.78, 5) is 39.6. The maximum absolute atomic E-state index is 12.4. The van der Waals surface area contributed by atoms with Crippen LogP contribution < -0.4 is 11.1 Å². The third-order valence-corrected chi connectivity index (χ3v) is 5.43. The van der Waals surface area contributed by atoms with Crippen LogP contribution in [0.1, 0.15) is 45.8 Å². The Morgan fingerprint density at radius 3 is 2.65 bits per heavy atom. The molecule has 26 heavy (non-hydrogen) atoms. The second-order valence-corrected chi connectivity index (χ2v) is 7.66. The standard InChI is InChI=1S/C17H16N4O3S2/c1-8-13(9(2)22)6-11(7-18)16(20-8)26-10(3)15(24)21-17-12(14(19)23)4-5-25-17/h4-6,10H,1-3H3,(H2,19,23)(H,21,24)/t10-/m0/s1. The van der Waals surface area contributed by atoms with Gasteiger partial charge in [0.1, 0.15) is 16.1 Å². The van der Waals surface area contributed by atoms with Gasteiger partial charge in [-0.15, -0.1) is 11.3 Å². The van der Waals surface area contributed by atoms with E-state index in [4.69, 9.17) is 5.73 Å². The number of thioether (sulfide) groups is 1. The molecule has 0 aromatic carbocycles. The molecule has 2 aromatic rings. The molecule has 2 rings (SSSR count). The van der Waals surface area contributed by atoms with Crippen molar-refractivity contribution >= 4 is 45.7 Å². The number of nitrogens with zero attached hydrogens (tertiary/aromatic N) is 2. The molecular weight excluding hydrogens is 372 g/mol. The number of ketones is 1. The Labute approximate surface area is 158 Å². The monoisotopic (exact) mass is 388 g/mol. The number of pyridine rings is 1. The van der Waals surface area contributed by atoms with Crippen molar-refractivity contribution in [2.75, 3.05) is 5.32 Å². The number of anilines is 1. The third-order valence-electron chi connectivity index (χ3n) is 3.50. The number of amides is 2. The van der Waals surface area contributed by atoms with E-state index in [2.05, 4.69) is 10.3 Å². The fourth-order valence-electron chi connectivity index (χ4n) is 2.14. The maximum Gasteiger partial charge on any atom is 0.251 e. The number of aromatic nitrogens is 1. The summed E-state index contributed by atoms with van der Waals surface area (Å²) in [6, 6.07) is 5.04. The van der Waals surface area contributed by atoms with Crippen LogP contribution in [0.25, 0.3) is 0 Å². The summed E-state index contributed by atoms with van der Waals surface area (Å²) >= 11 is 2.30. The molecule has 0 aliphatic rings. The van der Waals surface area contributed by atoms with Crippen molar-refractivity contribution in [2.24, 2.45) is 5.73 Å². The van der Waals surface area contributed by atoms with Gasteiger partial charge in [-0.3, -0.25) is 14.4 Å². The van der Waals surface area contributed by atoms with Crippen molar-refractivity contribution < 1.29 is 14.4 Å². The van der Waals surface area contributed by atoms with Crippen molar-refractivity contribution in [1.29, 1.82) is 5.26 Å². The van der Waals surface area contributed by atoms with E-state index in [0.717, 1.165) is 11.8 Å². The van der Waals surface area contributed by atoms with E-state index < -0.39 is 11.2 Å². The summed E-state index contributed by atoms with van der Waals surface area (Å²) in [7, 11) is 0. The first-order chi connectivity index (χ1) is 12.2. The van der Waals surface area contributed by atoms with Gasteiger partial charge in [-0.2, -0.15) is 5.26 Å². The van der Waals surface area contributed by atoms with Crippen LogP contribution in [-0.4, -0.2) is 27.8 Å². The number of carbonyl (C=O) groups is 3. The first-order valence-corrected chi connectivity index (χ1v) is 9.28. The topological polar surface area (TPSA) is 126 Å². The van der Waals surface area contributed by atoms with E-state index in [1.807, 2.05) is 6.07 Å². The molecule has 0 unspecified atom stereocenters. The average Bonchev–Trinajstić information content (AvgIpc) is 3.03. The zero-order valence-electron chi connectivity index (χ0n) is 14.3. The highest BCUT2D eigenvalue weighted by molar-refractivity contribution is 8.00. The minimum atomic E-state index is -0.620. The molecular formula is C17H16N4O3S2. The molecule has 2 heterocycles. The number of hydrogen-bond acceptors (Lipinski definition) is 7. The van der Waals surface area contributed by atoms with Crippen LogP contribution in [0.4, 0.5) is 5.00 Å². The molecule has 0 aliphatic carbocycles. The normalized spacial score (nSPS) is 11.5. The molecule has 3 N–H and O–H groups in total. The minimum Gasteiger partial charge on any atom is -0.366 e. The number of aryl methyl sites for hydroxylation is 1. The van der Waals surface area contributed by atoms with Gasteiger partial charge >= 0.3 is 0 Å². The van der Waals surface area contributed by atoms with Crippen LogP contribution in [0, 0.1) is 18.3 Å². The smallest absolute Gasteiger partial charge is 0.251 e. The van der Waals surface area contributed by atoms with Crippen molar-refractivity contribution in [3.63, 3.8) is 0 Å². The number of nitrogens with two attached hydrogens (primary N) is 1. The summed E-state index contributed by atoms with van der Waals surface area (Å²) in [6.45, 7) is 4.75. The van der Waals surface area contributed by atoms with E-state index in [1.54, 1.807) is 25.3 Å². The second kappa shape index (κ2) is 8.12. The average molecular weight is 388 g/mol. The van der Waals surface area contributed by atoms with Gasteiger partial charge in [0.15, 0.2) is 5.78 Å². The Morgan fingerprint density at radius 1 is 1.38 bits per heavy atom. The summed E-state index contributed by atoms with van der Waals surface area (Å²) in [6.07, 6.45) is 0. The van der Waals surface area contributed by atoms with Crippen molar-refractivity contribution in [3.8, 4) is 6.07 Å². The lowest BCUT2D eigenvalue weighted by molar-refractivity contribution is -0.115. The Kier molecular flexibility index (Phi) is 6.13. The van der Waals surface area contributed by atoms with Crippen LogP contribution in [0.15, 0.2) is 22.5 Å². The SMILES string of the molecule is CC(=O)c1cc(C#N)c(S[C@@H](C)C(=O)Nc2sccc2C(N)=O)nc1C. The van der Waals surface area contributed by atoms with E-state index in [-0.39, 0.29) is 22.8 Å². The number of rotatable bonds is 6. The number of nitrogens with one attached hydrogen (secondary N) is 1. The molecule has 134 valence electrons. The third kappa shape index (κ3) is 4.28. The summed E-state index contributed by atoms with van der Waals surface area (Å²) in [5.74, 6) is -1.14. The minimum absolute atomic E-state index is 0.175. The number of carbonyl (C=O) groups excluding carboxylic acids is 3. The number of thiophene rings is 1. The summed E-state index contributed by atoms with van der Waals surface area (Å²) in [5.41, 5.74) is 6.63. The molecule has 7 nitrogen and oxygen atoms in total. The van der Waals surface area contributed by atoms with Gasteiger partial charge in [0, 0.05) is 11.3 Å². The molecule has 0 fully saturated rings. The molecule has 2 amide bonds. The summed E-state index contributed by atoms with van der Waals surface area (Å²) in [5, 5.41) is 13.8. The summed E-state index contributed by atoms with van der Waals surface area (Å²) < 4.78 is 0. The van der Waals surface area contributed by atoms with E-state index >= 15 is 0 Å². The van der Waals surface area contributed by atoms with Gasteiger partial charge in [-0.05, 0) is 38.3 Å². The molecule has 0 saturated carbocycles. The first-order valence-electron chi connectivity index (χ1n) is 7.52. The second-order valence-electron chi connectivity index (χ2n) is 5.42. The number of Topliss-reactive ketones (excluding diaryl/α,β-unsaturated/α-hetero) is 1. The Bertz CT molecular complexity index is 931. The zero-order chi connectivity index (χ0) is 19.4. The number of nitriles is 1. The van der Waals surface area contributed by atoms with Crippen LogP contribution in [-0.2, 0) is 4.79 Å². The number of hydrogen-bond donors (Lipinski definition) is 2. The fraction of sp³-hybridized carbons (Fsp3) is 0.235. The Balaban J connectivity index is 2.20. The highest BCUT2D eigenvalue weighted by atomic mass is 32.2. The largest absolute Gasteiger partial charge is 0.366 e. The van der Waals surface area contributed by atoms with Crippen LogP contribution in [0.3, 0.4) is 0 Å². The van der Waals surface area contributed by atoms with Crippen molar-refractivity contribution in [2.45, 2.75) is 31.0 Å². The molecule has 1 atom stereocenters. The first kappa shape index (κ1) is 19.6. The van der Waals surface area contributed by atoms with Gasteiger partial charge in [-0.1, -0.05) is 11.8 Å². The van der Waals surface area contributed by atoms with E-state index in [9.17, 15) is 19.6 Å². The van der Waals surface area contributed by atoms with Crippen LogP contribution >= 0.6 is 23.1 Å². The van der Waals surface area contributed by atoms with Gasteiger partial charge in [-0.25, -0.2) is 4.98 Å². The zero-order valence-corrected chi connectivity index (χ0v) is 16.0. The molecule has 0 radical (unpaired) electrons. The molecule has 9 heteroatoms. The highest BCUT2D eigenvalue weighted by Gasteiger charge is 2.21. The van der Waals surface area contributed by atoms with Crippen molar-refractivity contribution in [1.82, 2.24) is 4.98 Å². The lowest BCUT2D eigenvalue weighted by atomic mass is 10.1. The number of primary amides is 1. The Morgan fingerprint density at radius 2 is 2.08 bits per heavy atom. The maximum atomic E-state index is 12.4. The van der Waals surface area contributed by atoms with Gasteiger partial charge in [0.2, 0.25) is 5.91 Å². The highest BCUT2D eigenvalue weighted by Crippen LogP contribution is 2.29. The molecule has 0 bridgehead atoms. The van der Waals surface area contributed by atoms with E-state index in [0.29, 0.717) is 21.3 Å². The lowest BCUT2D eigenvalue weighted by Gasteiger charge is -2.13. The van der Waals surface area contributed by atoms with Gasteiger partial charge < -0.3 is 11.1 Å². The Hall–Kier alpha value is -2.70. The molecule has 0 saturated heterocycles. The quantitative estimate of drug-likeness (QED) is 0.579.